The van der Waals surface area contributed by atoms with Crippen molar-refractivity contribution in [2.45, 2.75) is 6.92 Å². The number of nitrogens with zero attached hydrogens (tertiary/aromatic N) is 2. The van der Waals surface area contributed by atoms with Crippen LogP contribution in [0.15, 0.2) is 24.3 Å². The number of hydrogen-bond acceptors (Lipinski definition) is 1. The van der Waals surface area contributed by atoms with Crippen molar-refractivity contribution < 1.29 is 4.48 Å². The highest BCUT2D eigenvalue weighted by atomic mass is 19.2. The molecule has 1 aromatic carbocycles. The minimum atomic E-state index is 0.395. The highest BCUT2D eigenvalue weighted by Gasteiger charge is 2.03. The van der Waals surface area contributed by atoms with Gasteiger partial charge in [0.05, 0.1) is 5.52 Å². The number of rotatable bonds is 0. The van der Waals surface area contributed by atoms with Crippen LogP contribution in [-0.2, 0) is 0 Å². The molecule has 2 rings (SSSR count). The van der Waals surface area contributed by atoms with Gasteiger partial charge in [0.2, 0.25) is 0 Å². The van der Waals surface area contributed by atoms with E-state index in [0.29, 0.717) is 21.6 Å². The summed E-state index contributed by atoms with van der Waals surface area (Å²) in [6.45, 7) is 1.64. The van der Waals surface area contributed by atoms with Gasteiger partial charge in [-0.15, -0.1) is 0 Å². The predicted octanol–water partition coefficient (Wildman–Crippen LogP) is 2.08. The molecule has 0 bridgehead atoms. The van der Waals surface area contributed by atoms with Crippen LogP contribution in [-0.4, -0.2) is 9.77 Å². The fraction of sp³-hybridized carbons (Fsp3) is 0.125. The summed E-state index contributed by atoms with van der Waals surface area (Å²) in [5.74, 6) is 0.395. The smallest absolute Gasteiger partial charge is 0.137 e. The highest BCUT2D eigenvalue weighted by molar-refractivity contribution is 5.75. The van der Waals surface area contributed by atoms with E-state index in [1.807, 2.05) is 6.07 Å². The number of aromatic nitrogens is 2. The van der Waals surface area contributed by atoms with E-state index >= 15 is 0 Å². The van der Waals surface area contributed by atoms with Crippen LogP contribution in [0.25, 0.3) is 11.0 Å². The van der Waals surface area contributed by atoms with E-state index in [2.05, 4.69) is 4.98 Å². The lowest BCUT2D eigenvalue weighted by Crippen LogP contribution is -1.83. The average molecular weight is 150 g/mol. The Bertz CT molecular complexity index is 392. The second-order valence-electron chi connectivity index (χ2n) is 2.43. The lowest BCUT2D eigenvalue weighted by molar-refractivity contribution is 0.373. The first-order valence-electron chi connectivity index (χ1n) is 3.39. The summed E-state index contributed by atoms with van der Waals surface area (Å²) in [7, 11) is 0. The number of benzene rings is 1. The standard InChI is InChI=1S/C8H7FN2/c1-6-10-7-4-2-3-5-8(7)11(6)9/h2-5H,1H3. The Hall–Kier alpha value is -1.38. The number of para-hydroxylation sites is 2. The van der Waals surface area contributed by atoms with Gasteiger partial charge in [-0.2, -0.15) is 4.79 Å². The third kappa shape index (κ3) is 0.808. The van der Waals surface area contributed by atoms with Crippen molar-refractivity contribution in [1.29, 1.82) is 0 Å². The molecule has 0 saturated heterocycles. The maximum atomic E-state index is 13.0. The van der Waals surface area contributed by atoms with Gasteiger partial charge in [-0.05, 0) is 19.1 Å². The summed E-state index contributed by atoms with van der Waals surface area (Å²) in [4.78, 5) is 4.59. The van der Waals surface area contributed by atoms with Crippen molar-refractivity contribution in [1.82, 2.24) is 9.77 Å². The summed E-state index contributed by atoms with van der Waals surface area (Å²) in [6.07, 6.45) is 0. The molecular formula is C8H7FN2. The van der Waals surface area contributed by atoms with Crippen molar-refractivity contribution in [2.75, 3.05) is 0 Å². The molecule has 0 unspecified atom stereocenters. The zero-order valence-electron chi connectivity index (χ0n) is 6.08. The number of imidazole rings is 1. The van der Waals surface area contributed by atoms with E-state index in [4.69, 9.17) is 0 Å². The largest absolute Gasteiger partial charge is 0.231 e. The summed E-state index contributed by atoms with van der Waals surface area (Å²) in [5, 5.41) is 0. The normalized spacial score (nSPS) is 10.7. The van der Waals surface area contributed by atoms with Crippen LogP contribution < -0.4 is 0 Å². The Morgan fingerprint density at radius 1 is 1.36 bits per heavy atom. The molecule has 56 valence electrons. The lowest BCUT2D eigenvalue weighted by atomic mass is 10.3. The second-order valence-corrected chi connectivity index (χ2v) is 2.43. The van der Waals surface area contributed by atoms with Crippen LogP contribution in [0, 0.1) is 6.92 Å². The molecule has 0 aliphatic heterocycles. The van der Waals surface area contributed by atoms with Crippen molar-refractivity contribution >= 4 is 11.0 Å². The lowest BCUT2D eigenvalue weighted by Gasteiger charge is -1.88. The van der Waals surface area contributed by atoms with Crippen LogP contribution in [0.4, 0.5) is 4.48 Å². The molecule has 0 saturated carbocycles. The van der Waals surface area contributed by atoms with Crippen molar-refractivity contribution in [3.05, 3.63) is 30.1 Å². The fourth-order valence-corrected chi connectivity index (χ4v) is 1.12. The predicted molar refractivity (Wildman–Crippen MR) is 41.0 cm³/mol. The Labute approximate surface area is 63.2 Å². The topological polar surface area (TPSA) is 17.8 Å². The first-order valence-corrected chi connectivity index (χ1v) is 3.39. The van der Waals surface area contributed by atoms with Crippen molar-refractivity contribution in [3.63, 3.8) is 0 Å². The van der Waals surface area contributed by atoms with E-state index in [1.54, 1.807) is 25.1 Å². The molecule has 11 heavy (non-hydrogen) atoms. The Morgan fingerprint density at radius 2 is 2.09 bits per heavy atom. The van der Waals surface area contributed by atoms with Crippen LogP contribution in [0.3, 0.4) is 0 Å². The van der Waals surface area contributed by atoms with Gasteiger partial charge in [-0.25, -0.2) is 4.98 Å². The summed E-state index contributed by atoms with van der Waals surface area (Å²) < 4.78 is 13.0. The van der Waals surface area contributed by atoms with E-state index in [1.165, 1.54) is 0 Å². The molecule has 2 aromatic rings. The Morgan fingerprint density at radius 3 is 2.82 bits per heavy atom. The first kappa shape index (κ1) is 6.34. The number of fused-ring (bicyclic) bond motifs is 1. The molecule has 3 heteroatoms. The quantitative estimate of drug-likeness (QED) is 0.562. The number of hydrogen-bond donors (Lipinski definition) is 0. The third-order valence-corrected chi connectivity index (χ3v) is 1.66. The molecular weight excluding hydrogens is 143 g/mol. The van der Waals surface area contributed by atoms with Gasteiger partial charge < -0.3 is 0 Å². The average Bonchev–Trinajstić information content (AvgIpc) is 2.30. The molecule has 0 atom stereocenters. The zero-order chi connectivity index (χ0) is 7.84. The van der Waals surface area contributed by atoms with Gasteiger partial charge in [0.1, 0.15) is 11.3 Å². The van der Waals surface area contributed by atoms with Gasteiger partial charge in [0.25, 0.3) is 0 Å². The molecule has 2 nitrogen and oxygen atoms in total. The summed E-state index contributed by atoms with van der Waals surface area (Å²) >= 11 is 0. The number of aryl methyl sites for hydroxylation is 1. The van der Waals surface area contributed by atoms with Gasteiger partial charge in [-0.3, -0.25) is 0 Å². The molecule has 0 spiro atoms. The van der Waals surface area contributed by atoms with E-state index < -0.39 is 0 Å². The van der Waals surface area contributed by atoms with E-state index in [9.17, 15) is 4.48 Å². The molecule has 0 aliphatic rings. The maximum absolute atomic E-state index is 13.0. The number of halogens is 1. The summed E-state index contributed by atoms with van der Waals surface area (Å²) in [5.41, 5.74) is 1.23. The van der Waals surface area contributed by atoms with Gasteiger partial charge >= 0.3 is 0 Å². The molecule has 0 fully saturated rings. The minimum Gasteiger partial charge on any atom is -0.231 e. The van der Waals surface area contributed by atoms with Crippen LogP contribution in [0.1, 0.15) is 5.82 Å². The molecule has 0 radical (unpaired) electrons. The van der Waals surface area contributed by atoms with Crippen LogP contribution in [0.2, 0.25) is 0 Å². The molecule has 0 amide bonds. The van der Waals surface area contributed by atoms with Gasteiger partial charge in [0.15, 0.2) is 0 Å². The molecule has 1 heterocycles. The van der Waals surface area contributed by atoms with E-state index in [-0.39, 0.29) is 0 Å². The summed E-state index contributed by atoms with van der Waals surface area (Å²) in [6, 6.07) is 7.13. The van der Waals surface area contributed by atoms with E-state index in [0.717, 1.165) is 0 Å². The first-order chi connectivity index (χ1) is 5.29. The van der Waals surface area contributed by atoms with Gasteiger partial charge in [-0.1, -0.05) is 16.6 Å². The SMILES string of the molecule is Cc1nc2ccccc2n1F. The second kappa shape index (κ2) is 2.05. The minimum absolute atomic E-state index is 0.395. The molecule has 0 aliphatic carbocycles. The fourth-order valence-electron chi connectivity index (χ4n) is 1.12. The van der Waals surface area contributed by atoms with Crippen LogP contribution in [0.5, 0.6) is 0 Å². The van der Waals surface area contributed by atoms with Crippen molar-refractivity contribution in [3.8, 4) is 0 Å². The van der Waals surface area contributed by atoms with Crippen LogP contribution >= 0.6 is 0 Å². The van der Waals surface area contributed by atoms with Crippen molar-refractivity contribution in [2.24, 2.45) is 0 Å². The maximum Gasteiger partial charge on any atom is 0.137 e. The Kier molecular flexibility index (Phi) is 1.18. The monoisotopic (exact) mass is 150 g/mol. The Balaban J connectivity index is 2.92. The zero-order valence-corrected chi connectivity index (χ0v) is 6.08. The molecule has 0 N–H and O–H groups in total. The molecule has 1 aromatic heterocycles. The highest BCUT2D eigenvalue weighted by Crippen LogP contribution is 2.14. The van der Waals surface area contributed by atoms with Gasteiger partial charge in [0, 0.05) is 0 Å². The third-order valence-electron chi connectivity index (χ3n) is 1.66.